The van der Waals surface area contributed by atoms with Crippen molar-refractivity contribution in [3.05, 3.63) is 0 Å². The summed E-state index contributed by atoms with van der Waals surface area (Å²) in [4.78, 5) is 15.2. The summed E-state index contributed by atoms with van der Waals surface area (Å²) >= 11 is 2.12. The number of aliphatic imine (C=N–C) groups is 1. The van der Waals surface area contributed by atoms with Gasteiger partial charge in [-0.05, 0) is 13.8 Å². The fraction of sp³-hybridized carbons (Fsp3) is 0.714. The van der Waals surface area contributed by atoms with Gasteiger partial charge in [0.25, 0.3) is 0 Å². The van der Waals surface area contributed by atoms with Crippen LogP contribution in [0.1, 0.15) is 13.8 Å². The van der Waals surface area contributed by atoms with Crippen LogP contribution < -0.4 is 5.73 Å². The molecule has 4 nitrogen and oxygen atoms in total. The van der Waals surface area contributed by atoms with Crippen molar-refractivity contribution in [1.82, 2.24) is 0 Å². The normalized spacial score (nSPS) is 23.3. The summed E-state index contributed by atoms with van der Waals surface area (Å²) in [5.74, 6) is 0.0391. The molecule has 5 heteroatoms. The van der Waals surface area contributed by atoms with Crippen LogP contribution in [0.3, 0.4) is 0 Å². The van der Waals surface area contributed by atoms with E-state index in [2.05, 4.69) is 27.6 Å². The molecule has 2 N–H and O–H groups in total. The number of nitrogens with two attached hydrogens (primary N) is 1. The van der Waals surface area contributed by atoms with Crippen LogP contribution in [0.2, 0.25) is 0 Å². The molecule has 0 saturated carbocycles. The number of ether oxygens (including phenoxy) is 1. The topological polar surface area (TPSA) is 64.7 Å². The molecule has 1 aliphatic heterocycles. The molecular formula is C7H11IN2O2. The maximum atomic E-state index is 11.1. The molecular weight excluding hydrogens is 271 g/mol. The Morgan fingerprint density at radius 3 is 2.67 bits per heavy atom. The third kappa shape index (κ3) is 1.77. The zero-order valence-electron chi connectivity index (χ0n) is 7.00. The number of rotatable bonds is 2. The first-order valence-electron chi connectivity index (χ1n) is 3.61. The summed E-state index contributed by atoms with van der Waals surface area (Å²) in [5, 5.41) is 0. The van der Waals surface area contributed by atoms with Gasteiger partial charge in [-0.1, -0.05) is 22.6 Å². The lowest BCUT2D eigenvalue weighted by atomic mass is 10.1. The zero-order valence-corrected chi connectivity index (χ0v) is 9.16. The molecule has 0 bridgehead atoms. The number of carbonyl (C=O) groups excluding carboxylic acids is 1. The second-order valence-corrected chi connectivity index (χ2v) is 4.04. The van der Waals surface area contributed by atoms with E-state index in [1.54, 1.807) is 13.8 Å². The molecule has 1 unspecified atom stereocenters. The van der Waals surface area contributed by atoms with E-state index in [1.807, 2.05) is 0 Å². The third-order valence-corrected chi connectivity index (χ3v) is 2.52. The minimum atomic E-state index is -0.751. The van der Waals surface area contributed by atoms with Crippen molar-refractivity contribution in [2.24, 2.45) is 10.7 Å². The number of alkyl halides is 1. The quantitative estimate of drug-likeness (QED) is 0.455. The van der Waals surface area contributed by atoms with Gasteiger partial charge < -0.3 is 10.5 Å². The molecule has 0 aromatic rings. The lowest BCUT2D eigenvalue weighted by Crippen LogP contribution is -2.32. The largest absolute Gasteiger partial charge is 0.408 e. The van der Waals surface area contributed by atoms with Crippen LogP contribution in [-0.4, -0.2) is 27.9 Å². The Bertz CT molecular complexity index is 238. The van der Waals surface area contributed by atoms with Gasteiger partial charge in [0.1, 0.15) is 0 Å². The Balaban J connectivity index is 2.79. The van der Waals surface area contributed by atoms with E-state index in [-0.39, 0.29) is 12.0 Å². The van der Waals surface area contributed by atoms with E-state index in [4.69, 9.17) is 10.5 Å². The van der Waals surface area contributed by atoms with E-state index in [9.17, 15) is 4.79 Å². The van der Waals surface area contributed by atoms with Crippen molar-refractivity contribution < 1.29 is 9.53 Å². The van der Waals surface area contributed by atoms with E-state index in [1.165, 1.54) is 0 Å². The van der Waals surface area contributed by atoms with Crippen molar-refractivity contribution in [2.45, 2.75) is 25.4 Å². The molecule has 0 aromatic heterocycles. The van der Waals surface area contributed by atoms with Crippen LogP contribution in [-0.2, 0) is 9.53 Å². The third-order valence-electron chi connectivity index (χ3n) is 1.57. The van der Waals surface area contributed by atoms with Crippen LogP contribution in [0.4, 0.5) is 0 Å². The summed E-state index contributed by atoms with van der Waals surface area (Å²) in [7, 11) is 0. The van der Waals surface area contributed by atoms with Gasteiger partial charge in [-0.15, -0.1) is 0 Å². The lowest BCUT2D eigenvalue weighted by Gasteiger charge is -2.05. The Morgan fingerprint density at radius 2 is 2.33 bits per heavy atom. The molecule has 1 rings (SSSR count). The number of cyclic esters (lactones) is 1. The maximum Gasteiger partial charge on any atom is 0.340 e. The highest BCUT2D eigenvalue weighted by Crippen LogP contribution is 2.19. The number of hydrogen-bond acceptors (Lipinski definition) is 4. The second-order valence-electron chi connectivity index (χ2n) is 3.16. The Labute approximate surface area is 84.7 Å². The molecule has 1 atom stereocenters. The number of esters is 1. The molecule has 0 fully saturated rings. The predicted octanol–water partition coefficient (Wildman–Crippen LogP) is 0.483. The molecule has 0 radical (unpaired) electrons. The van der Waals surface area contributed by atoms with Gasteiger partial charge in [-0.3, -0.25) is 0 Å². The Kier molecular flexibility index (Phi) is 2.72. The molecule has 0 saturated heterocycles. The standard InChI is InChI=1S/C7H11IN2O2/c1-7(2)6(11)12-5(10-7)4(9)3-8/h4H,3,9H2,1-2H3. The van der Waals surface area contributed by atoms with E-state index < -0.39 is 5.54 Å². The highest BCUT2D eigenvalue weighted by molar-refractivity contribution is 14.1. The van der Waals surface area contributed by atoms with Crippen molar-refractivity contribution >= 4 is 34.5 Å². The van der Waals surface area contributed by atoms with E-state index >= 15 is 0 Å². The van der Waals surface area contributed by atoms with E-state index in [0.717, 1.165) is 0 Å². The van der Waals surface area contributed by atoms with E-state index in [0.29, 0.717) is 10.3 Å². The molecule has 0 amide bonds. The summed E-state index contributed by atoms with van der Waals surface area (Å²) < 4.78 is 5.60. The number of hydrogen-bond donors (Lipinski definition) is 1. The smallest absolute Gasteiger partial charge is 0.340 e. The average Bonchev–Trinajstić information content (AvgIpc) is 2.25. The minimum absolute atomic E-state index is 0.267. The monoisotopic (exact) mass is 282 g/mol. The van der Waals surface area contributed by atoms with Crippen molar-refractivity contribution in [2.75, 3.05) is 4.43 Å². The van der Waals surface area contributed by atoms with Crippen LogP contribution in [0.25, 0.3) is 0 Å². The van der Waals surface area contributed by atoms with Crippen LogP contribution in [0, 0.1) is 0 Å². The molecule has 0 aromatic carbocycles. The Hall–Kier alpha value is -0.170. The first kappa shape index (κ1) is 9.91. The summed E-state index contributed by atoms with van der Waals surface area (Å²) in [6.07, 6.45) is 0. The number of halogens is 1. The molecule has 68 valence electrons. The SMILES string of the molecule is CC1(C)N=C(C(N)CI)OC1=O. The van der Waals surface area contributed by atoms with Crippen LogP contribution in [0.5, 0.6) is 0 Å². The molecule has 0 spiro atoms. The number of nitrogens with zero attached hydrogens (tertiary/aromatic N) is 1. The fourth-order valence-electron chi connectivity index (χ4n) is 0.788. The fourth-order valence-corrected chi connectivity index (χ4v) is 1.17. The van der Waals surface area contributed by atoms with Gasteiger partial charge in [0.05, 0.1) is 6.04 Å². The van der Waals surface area contributed by atoms with Gasteiger partial charge >= 0.3 is 5.97 Å². The first-order valence-corrected chi connectivity index (χ1v) is 5.13. The zero-order chi connectivity index (χ0) is 9.35. The minimum Gasteiger partial charge on any atom is -0.408 e. The highest BCUT2D eigenvalue weighted by Gasteiger charge is 2.38. The maximum absolute atomic E-state index is 11.1. The summed E-state index contributed by atoms with van der Waals surface area (Å²) in [6.45, 7) is 3.42. The van der Waals surface area contributed by atoms with Gasteiger partial charge in [0, 0.05) is 4.43 Å². The van der Waals surface area contributed by atoms with Crippen LogP contribution >= 0.6 is 22.6 Å². The second kappa shape index (κ2) is 3.29. The highest BCUT2D eigenvalue weighted by atomic mass is 127. The van der Waals surface area contributed by atoms with Crippen molar-refractivity contribution in [3.63, 3.8) is 0 Å². The van der Waals surface area contributed by atoms with Crippen molar-refractivity contribution in [1.29, 1.82) is 0 Å². The molecule has 12 heavy (non-hydrogen) atoms. The molecule has 0 aliphatic carbocycles. The lowest BCUT2D eigenvalue weighted by molar-refractivity contribution is -0.138. The summed E-state index contributed by atoms with van der Waals surface area (Å²) in [6, 6.07) is -0.267. The van der Waals surface area contributed by atoms with Gasteiger partial charge in [-0.2, -0.15) is 0 Å². The van der Waals surface area contributed by atoms with Gasteiger partial charge in [0.2, 0.25) is 5.90 Å². The van der Waals surface area contributed by atoms with Crippen LogP contribution in [0.15, 0.2) is 4.99 Å². The summed E-state index contributed by atoms with van der Waals surface area (Å²) in [5.41, 5.74) is 4.89. The number of carbonyl (C=O) groups is 1. The van der Waals surface area contributed by atoms with Gasteiger partial charge in [-0.25, -0.2) is 9.79 Å². The first-order chi connectivity index (χ1) is 5.47. The average molecular weight is 282 g/mol. The van der Waals surface area contributed by atoms with Gasteiger partial charge in [0.15, 0.2) is 5.54 Å². The molecule has 1 heterocycles. The molecule has 1 aliphatic rings. The Morgan fingerprint density at radius 1 is 1.75 bits per heavy atom. The van der Waals surface area contributed by atoms with Crippen molar-refractivity contribution in [3.8, 4) is 0 Å². The predicted molar refractivity (Wildman–Crippen MR) is 54.5 cm³/mol.